The maximum absolute atomic E-state index is 8.66. The molecule has 1 N–H and O–H groups in total. The molecule has 15 heavy (non-hydrogen) atoms. The minimum Gasteiger partial charge on any atom is -0.396 e. The van der Waals surface area contributed by atoms with Gasteiger partial charge in [0, 0.05) is 19.6 Å². The van der Waals surface area contributed by atoms with Crippen molar-refractivity contribution in [2.24, 2.45) is 0 Å². The highest BCUT2D eigenvalue weighted by molar-refractivity contribution is 4.97. The molecule has 0 atom stereocenters. The van der Waals surface area contributed by atoms with Gasteiger partial charge < -0.3 is 14.4 Å². The second-order valence-corrected chi connectivity index (χ2v) is 3.78. The Morgan fingerprint density at radius 1 is 1.47 bits per heavy atom. The van der Waals surface area contributed by atoms with E-state index in [1.807, 2.05) is 20.8 Å². The second kappa shape index (κ2) is 5.23. The molecule has 0 bridgehead atoms. The van der Waals surface area contributed by atoms with Crippen LogP contribution in [0.4, 0.5) is 0 Å². The largest absolute Gasteiger partial charge is 0.396 e. The average Bonchev–Trinajstić information content (AvgIpc) is 2.63. The standard InChI is InChI=1S/C10H18N2O3/c1-4-14-10(2,3)9-11-8(15-12-9)6-5-7-13/h13H,4-7H2,1-3H3. The van der Waals surface area contributed by atoms with Crippen LogP contribution in [-0.2, 0) is 16.8 Å². The molecule has 0 unspecified atom stereocenters. The molecule has 0 fully saturated rings. The van der Waals surface area contributed by atoms with Crippen molar-refractivity contribution >= 4 is 0 Å². The molecule has 5 nitrogen and oxygen atoms in total. The smallest absolute Gasteiger partial charge is 0.226 e. The van der Waals surface area contributed by atoms with E-state index in [-0.39, 0.29) is 6.61 Å². The molecule has 1 aromatic heterocycles. The fourth-order valence-corrected chi connectivity index (χ4v) is 1.26. The van der Waals surface area contributed by atoms with E-state index in [1.165, 1.54) is 0 Å². The minimum atomic E-state index is -0.518. The molecule has 0 spiro atoms. The van der Waals surface area contributed by atoms with Crippen molar-refractivity contribution in [2.75, 3.05) is 13.2 Å². The molecule has 1 heterocycles. The highest BCUT2D eigenvalue weighted by atomic mass is 16.5. The number of hydrogen-bond acceptors (Lipinski definition) is 5. The third kappa shape index (κ3) is 3.28. The average molecular weight is 214 g/mol. The summed E-state index contributed by atoms with van der Waals surface area (Å²) in [5, 5.41) is 12.5. The molecule has 0 amide bonds. The normalized spacial score (nSPS) is 12.0. The fraction of sp³-hybridized carbons (Fsp3) is 0.800. The van der Waals surface area contributed by atoms with Crippen LogP contribution in [0.15, 0.2) is 4.52 Å². The van der Waals surface area contributed by atoms with Crippen molar-refractivity contribution in [1.29, 1.82) is 0 Å². The first kappa shape index (κ1) is 12.1. The van der Waals surface area contributed by atoms with Crippen LogP contribution in [-0.4, -0.2) is 28.5 Å². The van der Waals surface area contributed by atoms with Crippen LogP contribution in [0.2, 0.25) is 0 Å². The van der Waals surface area contributed by atoms with E-state index in [0.29, 0.717) is 31.2 Å². The lowest BCUT2D eigenvalue weighted by Crippen LogP contribution is -2.23. The predicted molar refractivity (Wildman–Crippen MR) is 54.4 cm³/mol. The van der Waals surface area contributed by atoms with Gasteiger partial charge in [-0.05, 0) is 27.2 Å². The summed E-state index contributed by atoms with van der Waals surface area (Å²) in [6, 6.07) is 0. The summed E-state index contributed by atoms with van der Waals surface area (Å²) < 4.78 is 10.5. The monoisotopic (exact) mass is 214 g/mol. The van der Waals surface area contributed by atoms with E-state index in [4.69, 9.17) is 14.4 Å². The molecule has 0 aliphatic carbocycles. The number of nitrogens with zero attached hydrogens (tertiary/aromatic N) is 2. The van der Waals surface area contributed by atoms with Gasteiger partial charge in [-0.3, -0.25) is 0 Å². The number of aromatic nitrogens is 2. The molecule has 0 saturated carbocycles. The number of aliphatic hydroxyl groups excluding tert-OH is 1. The molecule has 1 rings (SSSR count). The maximum atomic E-state index is 8.66. The summed E-state index contributed by atoms with van der Waals surface area (Å²) in [4.78, 5) is 4.22. The number of rotatable bonds is 6. The van der Waals surface area contributed by atoms with Crippen molar-refractivity contribution in [3.63, 3.8) is 0 Å². The number of aliphatic hydroxyl groups is 1. The van der Waals surface area contributed by atoms with Gasteiger partial charge in [-0.15, -0.1) is 0 Å². The van der Waals surface area contributed by atoms with Crippen molar-refractivity contribution in [2.45, 2.75) is 39.2 Å². The van der Waals surface area contributed by atoms with Gasteiger partial charge >= 0.3 is 0 Å². The molecule has 0 aliphatic heterocycles. The fourth-order valence-electron chi connectivity index (χ4n) is 1.26. The van der Waals surface area contributed by atoms with Gasteiger partial charge in [-0.25, -0.2) is 0 Å². The highest BCUT2D eigenvalue weighted by Crippen LogP contribution is 2.21. The Balaban J connectivity index is 2.66. The zero-order chi connectivity index (χ0) is 11.3. The number of aryl methyl sites for hydroxylation is 1. The minimum absolute atomic E-state index is 0.132. The summed E-state index contributed by atoms with van der Waals surface area (Å²) in [6.07, 6.45) is 1.24. The van der Waals surface area contributed by atoms with E-state index < -0.39 is 5.60 Å². The zero-order valence-electron chi connectivity index (χ0n) is 9.49. The van der Waals surface area contributed by atoms with Crippen LogP contribution in [0.5, 0.6) is 0 Å². The maximum Gasteiger partial charge on any atom is 0.226 e. The lowest BCUT2D eigenvalue weighted by molar-refractivity contribution is -0.0221. The van der Waals surface area contributed by atoms with Gasteiger partial charge in [0.1, 0.15) is 5.60 Å². The third-order valence-corrected chi connectivity index (χ3v) is 2.06. The molecule has 0 aromatic carbocycles. The van der Waals surface area contributed by atoms with Crippen LogP contribution in [0.25, 0.3) is 0 Å². The molecule has 5 heteroatoms. The van der Waals surface area contributed by atoms with Gasteiger partial charge in [0.15, 0.2) is 0 Å². The first-order valence-electron chi connectivity index (χ1n) is 5.18. The van der Waals surface area contributed by atoms with Gasteiger partial charge in [-0.2, -0.15) is 4.98 Å². The lowest BCUT2D eigenvalue weighted by atomic mass is 10.1. The van der Waals surface area contributed by atoms with E-state index in [9.17, 15) is 0 Å². The van der Waals surface area contributed by atoms with Crippen molar-refractivity contribution in [3.05, 3.63) is 11.7 Å². The Labute approximate surface area is 89.4 Å². The summed E-state index contributed by atoms with van der Waals surface area (Å²) in [6.45, 7) is 6.46. The second-order valence-electron chi connectivity index (χ2n) is 3.78. The van der Waals surface area contributed by atoms with Gasteiger partial charge in [0.25, 0.3) is 0 Å². The first-order valence-corrected chi connectivity index (χ1v) is 5.18. The van der Waals surface area contributed by atoms with Crippen molar-refractivity contribution in [3.8, 4) is 0 Å². The molecule has 0 saturated heterocycles. The summed E-state index contributed by atoms with van der Waals surface area (Å²) in [7, 11) is 0. The molecular weight excluding hydrogens is 196 g/mol. The number of ether oxygens (including phenoxy) is 1. The van der Waals surface area contributed by atoms with Crippen LogP contribution < -0.4 is 0 Å². The zero-order valence-corrected chi connectivity index (χ0v) is 9.49. The molecular formula is C10H18N2O3. The predicted octanol–water partition coefficient (Wildman–Crippen LogP) is 1.27. The Kier molecular flexibility index (Phi) is 4.23. The van der Waals surface area contributed by atoms with Crippen LogP contribution >= 0.6 is 0 Å². The molecule has 0 aliphatic rings. The highest BCUT2D eigenvalue weighted by Gasteiger charge is 2.26. The summed E-state index contributed by atoms with van der Waals surface area (Å²) in [5.74, 6) is 1.10. The van der Waals surface area contributed by atoms with E-state index in [2.05, 4.69) is 10.1 Å². The van der Waals surface area contributed by atoms with E-state index >= 15 is 0 Å². The van der Waals surface area contributed by atoms with Gasteiger partial charge in [-0.1, -0.05) is 5.16 Å². The topological polar surface area (TPSA) is 68.4 Å². The molecule has 1 aromatic rings. The summed E-state index contributed by atoms with van der Waals surface area (Å²) in [5.41, 5.74) is -0.518. The third-order valence-electron chi connectivity index (χ3n) is 2.06. The van der Waals surface area contributed by atoms with Gasteiger partial charge in [0.2, 0.25) is 11.7 Å². The lowest BCUT2D eigenvalue weighted by Gasteiger charge is -2.19. The van der Waals surface area contributed by atoms with Crippen LogP contribution in [0.3, 0.4) is 0 Å². The van der Waals surface area contributed by atoms with E-state index in [0.717, 1.165) is 0 Å². The molecule has 86 valence electrons. The quantitative estimate of drug-likeness (QED) is 0.772. The number of hydrogen-bond donors (Lipinski definition) is 1. The Hall–Kier alpha value is -0.940. The Morgan fingerprint density at radius 2 is 2.20 bits per heavy atom. The van der Waals surface area contributed by atoms with Crippen LogP contribution in [0, 0.1) is 0 Å². The van der Waals surface area contributed by atoms with Crippen molar-refractivity contribution in [1.82, 2.24) is 10.1 Å². The van der Waals surface area contributed by atoms with Crippen LogP contribution in [0.1, 0.15) is 38.9 Å². The first-order chi connectivity index (χ1) is 7.10. The van der Waals surface area contributed by atoms with E-state index in [1.54, 1.807) is 0 Å². The Bertz CT molecular complexity index is 297. The van der Waals surface area contributed by atoms with Gasteiger partial charge in [0.05, 0.1) is 0 Å². The molecule has 0 radical (unpaired) electrons. The SMILES string of the molecule is CCOC(C)(C)c1noc(CCCO)n1. The van der Waals surface area contributed by atoms with Crippen molar-refractivity contribution < 1.29 is 14.4 Å². The summed E-state index contributed by atoms with van der Waals surface area (Å²) >= 11 is 0. The Morgan fingerprint density at radius 3 is 2.80 bits per heavy atom.